The molecule has 0 saturated heterocycles. The number of anilines is 1. The molecule has 4 aromatic rings. The summed E-state index contributed by atoms with van der Waals surface area (Å²) in [6.45, 7) is 0. The van der Waals surface area contributed by atoms with Crippen LogP contribution in [-0.2, 0) is 0 Å². The summed E-state index contributed by atoms with van der Waals surface area (Å²) in [4.78, 5) is 27.7. The van der Waals surface area contributed by atoms with E-state index in [1.165, 1.54) is 12.1 Å². The molecule has 0 spiro atoms. The van der Waals surface area contributed by atoms with Crippen molar-refractivity contribution in [3.63, 3.8) is 0 Å². The molecule has 0 radical (unpaired) electrons. The average Bonchev–Trinajstić information content (AvgIpc) is 3.07. The zero-order chi connectivity index (χ0) is 17.2. The molecule has 2 aromatic heterocycles. The molecule has 1 amide bonds. The molecule has 2 aromatic carbocycles. The predicted octanol–water partition coefficient (Wildman–Crippen LogP) is 4.17. The maximum atomic E-state index is 12.1. The predicted molar refractivity (Wildman–Crippen MR) is 98.0 cm³/mol. The smallest absolute Gasteiger partial charge is 0.335 e. The van der Waals surface area contributed by atoms with Crippen molar-refractivity contribution in [3.05, 3.63) is 82.9 Å². The van der Waals surface area contributed by atoms with E-state index in [1.54, 1.807) is 11.3 Å². The summed E-state index contributed by atoms with van der Waals surface area (Å²) < 4.78 is 5.84. The minimum atomic E-state index is -0.489. The lowest BCUT2D eigenvalue weighted by Gasteiger charge is -2.05. The first kappa shape index (κ1) is 15.3. The molecule has 122 valence electrons. The topological polar surface area (TPSA) is 72.2 Å². The van der Waals surface area contributed by atoms with Crippen LogP contribution in [0.15, 0.2) is 76.1 Å². The van der Waals surface area contributed by atoms with Gasteiger partial charge in [-0.1, -0.05) is 12.1 Å². The van der Waals surface area contributed by atoms with Crippen molar-refractivity contribution in [2.24, 2.45) is 0 Å². The molecule has 1 N–H and O–H groups in total. The van der Waals surface area contributed by atoms with E-state index in [1.807, 2.05) is 48.5 Å². The van der Waals surface area contributed by atoms with Crippen LogP contribution < -0.4 is 10.9 Å². The van der Waals surface area contributed by atoms with Crippen molar-refractivity contribution in [2.75, 3.05) is 5.32 Å². The largest absolute Gasteiger partial charge is 0.430 e. The highest BCUT2D eigenvalue weighted by Crippen LogP contribution is 2.30. The van der Waals surface area contributed by atoms with E-state index in [4.69, 9.17) is 4.42 Å². The van der Waals surface area contributed by atoms with Crippen molar-refractivity contribution in [2.45, 2.75) is 0 Å². The number of nitrogens with one attached hydrogen (secondary N) is 1. The normalized spacial score (nSPS) is 10.7. The highest BCUT2D eigenvalue weighted by atomic mass is 32.1. The van der Waals surface area contributed by atoms with Gasteiger partial charge in [-0.2, -0.15) is 0 Å². The minimum absolute atomic E-state index is 0.287. The summed E-state index contributed by atoms with van der Waals surface area (Å²) in [7, 11) is 0. The fourth-order valence-corrected chi connectivity index (χ4v) is 3.35. The van der Waals surface area contributed by atoms with Crippen LogP contribution in [0.1, 0.15) is 10.4 Å². The first-order valence-electron chi connectivity index (χ1n) is 7.55. The third-order valence-corrected chi connectivity index (χ3v) is 4.73. The zero-order valence-corrected chi connectivity index (χ0v) is 13.7. The van der Waals surface area contributed by atoms with E-state index in [0.717, 1.165) is 27.1 Å². The fraction of sp³-hybridized carbons (Fsp3) is 0. The number of rotatable bonds is 3. The molecule has 0 fully saturated rings. The van der Waals surface area contributed by atoms with E-state index >= 15 is 0 Å². The summed E-state index contributed by atoms with van der Waals surface area (Å²) in [5.74, 6) is -0.337. The van der Waals surface area contributed by atoms with E-state index < -0.39 is 5.63 Å². The maximum Gasteiger partial charge on any atom is 0.335 e. The van der Waals surface area contributed by atoms with Gasteiger partial charge >= 0.3 is 5.63 Å². The lowest BCUT2D eigenvalue weighted by atomic mass is 10.2. The van der Waals surface area contributed by atoms with Crippen LogP contribution >= 0.6 is 11.3 Å². The van der Waals surface area contributed by atoms with Crippen LogP contribution in [0, 0.1) is 0 Å². The third-order valence-electron chi connectivity index (χ3n) is 3.65. The van der Waals surface area contributed by atoms with Gasteiger partial charge in [-0.3, -0.25) is 4.79 Å². The lowest BCUT2D eigenvalue weighted by molar-refractivity contribution is 0.102. The first-order valence-corrected chi connectivity index (χ1v) is 8.37. The molecule has 4 rings (SSSR count). The summed E-state index contributed by atoms with van der Waals surface area (Å²) in [6.07, 6.45) is 1.15. The molecule has 5 nitrogen and oxygen atoms in total. The van der Waals surface area contributed by atoms with Crippen molar-refractivity contribution < 1.29 is 9.21 Å². The van der Waals surface area contributed by atoms with Gasteiger partial charge in [-0.25, -0.2) is 9.78 Å². The van der Waals surface area contributed by atoms with Crippen LogP contribution in [0.25, 0.3) is 20.8 Å². The summed E-state index contributed by atoms with van der Waals surface area (Å²) in [5.41, 5.74) is 2.42. The lowest BCUT2D eigenvalue weighted by Crippen LogP contribution is -2.12. The number of nitrogens with zero attached hydrogens (tertiary/aromatic N) is 1. The number of amides is 1. The molecule has 0 atom stereocenters. The van der Waals surface area contributed by atoms with Crippen LogP contribution in [0.3, 0.4) is 0 Å². The van der Waals surface area contributed by atoms with E-state index in [9.17, 15) is 9.59 Å². The Morgan fingerprint density at radius 2 is 1.80 bits per heavy atom. The van der Waals surface area contributed by atoms with Gasteiger partial charge in [0.1, 0.15) is 11.3 Å². The summed E-state index contributed by atoms with van der Waals surface area (Å²) in [6, 6.07) is 18.1. The molecule has 6 heteroatoms. The van der Waals surface area contributed by atoms with Gasteiger partial charge in [-0.05, 0) is 42.5 Å². The Balaban J connectivity index is 1.54. The van der Waals surface area contributed by atoms with Crippen LogP contribution in [0.2, 0.25) is 0 Å². The Morgan fingerprint density at radius 1 is 1.00 bits per heavy atom. The number of fused-ring (bicyclic) bond motifs is 1. The second-order valence-corrected chi connectivity index (χ2v) is 6.39. The number of carbonyl (C=O) groups excluding carboxylic acids is 1. The molecule has 0 aliphatic rings. The number of benzene rings is 2. The minimum Gasteiger partial charge on any atom is -0.430 e. The monoisotopic (exact) mass is 348 g/mol. The van der Waals surface area contributed by atoms with E-state index in [-0.39, 0.29) is 11.5 Å². The highest BCUT2D eigenvalue weighted by Gasteiger charge is 2.09. The second kappa shape index (κ2) is 6.33. The molecule has 0 unspecified atom stereocenters. The number of aromatic nitrogens is 1. The quantitative estimate of drug-likeness (QED) is 0.603. The van der Waals surface area contributed by atoms with Gasteiger partial charge in [-0.15, -0.1) is 11.3 Å². The molecular weight excluding hydrogens is 336 g/mol. The molecule has 2 heterocycles. The fourth-order valence-electron chi connectivity index (χ4n) is 2.38. The van der Waals surface area contributed by atoms with Gasteiger partial charge in [0.25, 0.3) is 5.91 Å². The molecule has 0 bridgehead atoms. The van der Waals surface area contributed by atoms with Crippen LogP contribution in [0.4, 0.5) is 5.69 Å². The first-order chi connectivity index (χ1) is 12.2. The Morgan fingerprint density at radius 3 is 2.52 bits per heavy atom. The Hall–Kier alpha value is -3.25. The molecule has 0 aliphatic carbocycles. The van der Waals surface area contributed by atoms with Crippen LogP contribution in [-0.4, -0.2) is 10.9 Å². The Kier molecular flexibility index (Phi) is 3.87. The number of carbonyl (C=O) groups is 1. The van der Waals surface area contributed by atoms with E-state index in [2.05, 4.69) is 10.3 Å². The number of hydrogen-bond donors (Lipinski definition) is 1. The average molecular weight is 348 g/mol. The molecule has 0 saturated carbocycles. The second-order valence-electron chi connectivity index (χ2n) is 5.36. The molecular formula is C19H12N2O3S. The van der Waals surface area contributed by atoms with Gasteiger partial charge in [0.2, 0.25) is 0 Å². The van der Waals surface area contributed by atoms with Crippen molar-refractivity contribution in [3.8, 4) is 10.6 Å². The number of hydrogen-bond acceptors (Lipinski definition) is 5. The zero-order valence-electron chi connectivity index (χ0n) is 12.9. The molecule has 0 aliphatic heterocycles. The van der Waals surface area contributed by atoms with Crippen LogP contribution in [0.5, 0.6) is 0 Å². The van der Waals surface area contributed by atoms with Crippen molar-refractivity contribution in [1.29, 1.82) is 0 Å². The Bertz CT molecular complexity index is 1060. The van der Waals surface area contributed by atoms with Crippen molar-refractivity contribution >= 4 is 33.1 Å². The maximum absolute atomic E-state index is 12.1. The summed E-state index contributed by atoms with van der Waals surface area (Å²) >= 11 is 1.63. The SMILES string of the molecule is O=C(Nc1ccc(-c2nc3ccccc3s2)cc1)c1ccc(=O)oc1. The Labute approximate surface area is 146 Å². The third kappa shape index (κ3) is 3.20. The van der Waals surface area contributed by atoms with Gasteiger partial charge in [0.15, 0.2) is 0 Å². The highest BCUT2D eigenvalue weighted by molar-refractivity contribution is 7.21. The van der Waals surface area contributed by atoms with Crippen molar-refractivity contribution in [1.82, 2.24) is 4.98 Å². The van der Waals surface area contributed by atoms with Gasteiger partial charge in [0, 0.05) is 17.3 Å². The molecule has 25 heavy (non-hydrogen) atoms. The van der Waals surface area contributed by atoms with Gasteiger partial charge < -0.3 is 9.73 Å². The number of para-hydroxylation sites is 1. The summed E-state index contributed by atoms with van der Waals surface area (Å²) in [5, 5.41) is 3.70. The van der Waals surface area contributed by atoms with Gasteiger partial charge in [0.05, 0.1) is 15.8 Å². The number of thiazole rings is 1. The standard InChI is InChI=1S/C19H12N2O3S/c22-17-10-7-13(11-24-17)18(23)20-14-8-5-12(6-9-14)19-21-15-3-1-2-4-16(15)25-19/h1-11H,(H,20,23). The van der Waals surface area contributed by atoms with E-state index in [0.29, 0.717) is 5.69 Å².